The average molecular weight is 304 g/mol. The molecule has 1 aliphatic carbocycles. The minimum Gasteiger partial charge on any atom is -0.490 e. The molecule has 2 aromatic carbocycles. The van der Waals surface area contributed by atoms with Gasteiger partial charge in [-0.2, -0.15) is 9.78 Å². The highest BCUT2D eigenvalue weighted by molar-refractivity contribution is 5.63. The van der Waals surface area contributed by atoms with Crippen LogP contribution in [0.4, 0.5) is 0 Å². The second-order valence-electron chi connectivity index (χ2n) is 5.67. The van der Waals surface area contributed by atoms with Gasteiger partial charge >= 0.3 is 0 Å². The largest absolute Gasteiger partial charge is 0.490 e. The fraction of sp³-hybridized carbons (Fsp3) is 0.158. The van der Waals surface area contributed by atoms with Gasteiger partial charge in [0.05, 0.1) is 18.0 Å². The smallest absolute Gasteiger partial charge is 0.272 e. The molecule has 0 radical (unpaired) electrons. The SMILES string of the molecule is O=c1cc(-c2cccc(OC3CC3)c2)cnn1-c1ccccc1. The van der Waals surface area contributed by atoms with E-state index in [2.05, 4.69) is 5.10 Å². The number of nitrogens with zero attached hydrogens (tertiary/aromatic N) is 2. The van der Waals surface area contributed by atoms with Crippen molar-refractivity contribution in [2.24, 2.45) is 0 Å². The highest BCUT2D eigenvalue weighted by atomic mass is 16.5. The highest BCUT2D eigenvalue weighted by Crippen LogP contribution is 2.29. The first-order valence-corrected chi connectivity index (χ1v) is 7.71. The van der Waals surface area contributed by atoms with Crippen molar-refractivity contribution >= 4 is 0 Å². The quantitative estimate of drug-likeness (QED) is 0.741. The Kier molecular flexibility index (Phi) is 3.42. The maximum absolute atomic E-state index is 12.4. The molecule has 1 aliphatic rings. The van der Waals surface area contributed by atoms with Crippen molar-refractivity contribution in [1.29, 1.82) is 0 Å². The van der Waals surface area contributed by atoms with Crippen molar-refractivity contribution in [3.05, 3.63) is 77.2 Å². The number of ether oxygens (including phenoxy) is 1. The first-order valence-electron chi connectivity index (χ1n) is 7.71. The number of hydrogen-bond acceptors (Lipinski definition) is 3. The Morgan fingerprint density at radius 2 is 1.78 bits per heavy atom. The van der Waals surface area contributed by atoms with E-state index in [-0.39, 0.29) is 5.56 Å². The molecule has 23 heavy (non-hydrogen) atoms. The summed E-state index contributed by atoms with van der Waals surface area (Å²) in [6.45, 7) is 0. The fourth-order valence-electron chi connectivity index (χ4n) is 2.46. The molecular weight excluding hydrogens is 288 g/mol. The van der Waals surface area contributed by atoms with Crippen molar-refractivity contribution in [3.8, 4) is 22.6 Å². The van der Waals surface area contributed by atoms with Crippen LogP contribution in [0.1, 0.15) is 12.8 Å². The summed E-state index contributed by atoms with van der Waals surface area (Å²) in [4.78, 5) is 12.4. The van der Waals surface area contributed by atoms with Gasteiger partial charge in [0.15, 0.2) is 0 Å². The minimum atomic E-state index is -0.151. The van der Waals surface area contributed by atoms with Crippen LogP contribution in [0.15, 0.2) is 71.7 Å². The van der Waals surface area contributed by atoms with E-state index >= 15 is 0 Å². The molecule has 0 N–H and O–H groups in total. The van der Waals surface area contributed by atoms with Gasteiger partial charge in [0.25, 0.3) is 5.56 Å². The molecule has 0 saturated heterocycles. The Hall–Kier alpha value is -2.88. The maximum Gasteiger partial charge on any atom is 0.272 e. The Morgan fingerprint density at radius 1 is 0.957 bits per heavy atom. The second-order valence-corrected chi connectivity index (χ2v) is 5.67. The van der Waals surface area contributed by atoms with Crippen molar-refractivity contribution in [1.82, 2.24) is 9.78 Å². The van der Waals surface area contributed by atoms with Crippen molar-refractivity contribution < 1.29 is 4.74 Å². The van der Waals surface area contributed by atoms with Crippen LogP contribution in [0, 0.1) is 0 Å². The standard InChI is InChI=1S/C19H16N2O2/c22-19-12-15(13-20-21(19)16-6-2-1-3-7-16)14-5-4-8-18(11-14)23-17-9-10-17/h1-8,11-13,17H,9-10H2. The van der Waals surface area contributed by atoms with E-state index in [4.69, 9.17) is 4.74 Å². The Morgan fingerprint density at radius 3 is 2.52 bits per heavy atom. The summed E-state index contributed by atoms with van der Waals surface area (Å²) < 4.78 is 7.20. The molecule has 0 bridgehead atoms. The third-order valence-corrected chi connectivity index (χ3v) is 3.80. The summed E-state index contributed by atoms with van der Waals surface area (Å²) >= 11 is 0. The summed E-state index contributed by atoms with van der Waals surface area (Å²) in [6.07, 6.45) is 4.32. The summed E-state index contributed by atoms with van der Waals surface area (Å²) in [5.74, 6) is 0.845. The molecule has 4 heteroatoms. The third-order valence-electron chi connectivity index (χ3n) is 3.80. The van der Waals surface area contributed by atoms with Gasteiger partial charge in [-0.25, -0.2) is 0 Å². The zero-order valence-corrected chi connectivity index (χ0v) is 12.6. The lowest BCUT2D eigenvalue weighted by Crippen LogP contribution is -2.19. The van der Waals surface area contributed by atoms with Gasteiger partial charge in [0.2, 0.25) is 0 Å². The molecule has 1 heterocycles. The molecule has 0 spiro atoms. The molecule has 4 nitrogen and oxygen atoms in total. The van der Waals surface area contributed by atoms with E-state index in [9.17, 15) is 4.79 Å². The van der Waals surface area contributed by atoms with Crippen LogP contribution in [0.3, 0.4) is 0 Å². The predicted octanol–water partition coefficient (Wildman–Crippen LogP) is 3.44. The lowest BCUT2D eigenvalue weighted by molar-refractivity contribution is 0.303. The van der Waals surface area contributed by atoms with E-state index in [1.54, 1.807) is 12.3 Å². The van der Waals surface area contributed by atoms with E-state index < -0.39 is 0 Å². The molecule has 114 valence electrons. The number of aromatic nitrogens is 2. The van der Waals surface area contributed by atoms with Gasteiger partial charge in [-0.3, -0.25) is 4.79 Å². The number of rotatable bonds is 4. The monoisotopic (exact) mass is 304 g/mol. The van der Waals surface area contributed by atoms with Crippen LogP contribution < -0.4 is 10.3 Å². The first kappa shape index (κ1) is 13.8. The van der Waals surface area contributed by atoms with Crippen molar-refractivity contribution in [2.75, 3.05) is 0 Å². The Balaban J connectivity index is 1.67. The fourth-order valence-corrected chi connectivity index (χ4v) is 2.46. The van der Waals surface area contributed by atoms with Crippen LogP contribution in [-0.2, 0) is 0 Å². The lowest BCUT2D eigenvalue weighted by atomic mass is 10.1. The van der Waals surface area contributed by atoms with Gasteiger partial charge in [0, 0.05) is 11.6 Å². The molecule has 1 saturated carbocycles. The molecular formula is C19H16N2O2. The summed E-state index contributed by atoms with van der Waals surface area (Å²) in [5, 5.41) is 4.29. The average Bonchev–Trinajstić information content (AvgIpc) is 3.40. The Labute approximate surface area is 134 Å². The normalized spacial score (nSPS) is 13.7. The third kappa shape index (κ3) is 3.01. The van der Waals surface area contributed by atoms with Crippen LogP contribution >= 0.6 is 0 Å². The lowest BCUT2D eigenvalue weighted by Gasteiger charge is -2.08. The van der Waals surface area contributed by atoms with Gasteiger partial charge in [-0.15, -0.1) is 0 Å². The molecule has 3 aromatic rings. The summed E-state index contributed by atoms with van der Waals surface area (Å²) in [5.41, 5.74) is 2.34. The topological polar surface area (TPSA) is 44.1 Å². The van der Waals surface area contributed by atoms with Gasteiger partial charge in [0.1, 0.15) is 5.75 Å². The first-order chi connectivity index (χ1) is 11.3. The highest BCUT2D eigenvalue weighted by Gasteiger charge is 2.23. The second kappa shape index (κ2) is 5.72. The predicted molar refractivity (Wildman–Crippen MR) is 88.9 cm³/mol. The van der Waals surface area contributed by atoms with Crippen LogP contribution in [-0.4, -0.2) is 15.9 Å². The zero-order chi connectivity index (χ0) is 15.6. The van der Waals surface area contributed by atoms with E-state index in [1.165, 1.54) is 4.68 Å². The zero-order valence-electron chi connectivity index (χ0n) is 12.6. The molecule has 0 atom stereocenters. The number of benzene rings is 2. The number of hydrogen-bond donors (Lipinski definition) is 0. The van der Waals surface area contributed by atoms with E-state index in [1.807, 2.05) is 54.6 Å². The molecule has 0 aliphatic heterocycles. The van der Waals surface area contributed by atoms with Crippen LogP contribution in [0.25, 0.3) is 16.8 Å². The van der Waals surface area contributed by atoms with Crippen LogP contribution in [0.2, 0.25) is 0 Å². The summed E-state index contributed by atoms with van der Waals surface area (Å²) in [6, 6.07) is 18.8. The van der Waals surface area contributed by atoms with Gasteiger partial charge < -0.3 is 4.74 Å². The molecule has 1 fully saturated rings. The number of para-hydroxylation sites is 1. The minimum absolute atomic E-state index is 0.151. The van der Waals surface area contributed by atoms with E-state index in [0.717, 1.165) is 35.4 Å². The van der Waals surface area contributed by atoms with Crippen LogP contribution in [0.5, 0.6) is 5.75 Å². The van der Waals surface area contributed by atoms with E-state index in [0.29, 0.717) is 6.10 Å². The van der Waals surface area contributed by atoms with Crippen molar-refractivity contribution in [3.63, 3.8) is 0 Å². The van der Waals surface area contributed by atoms with Gasteiger partial charge in [-0.05, 0) is 42.7 Å². The molecule has 0 amide bonds. The van der Waals surface area contributed by atoms with Gasteiger partial charge in [-0.1, -0.05) is 30.3 Å². The van der Waals surface area contributed by atoms with Crippen molar-refractivity contribution in [2.45, 2.75) is 18.9 Å². The Bertz CT molecular complexity index is 883. The molecule has 4 rings (SSSR count). The molecule has 0 unspecified atom stereocenters. The summed E-state index contributed by atoms with van der Waals surface area (Å²) in [7, 11) is 0. The molecule has 1 aromatic heterocycles. The maximum atomic E-state index is 12.4.